The minimum atomic E-state index is -0.686. The molecule has 0 bridgehead atoms. The van der Waals surface area contributed by atoms with Gasteiger partial charge in [0.15, 0.2) is 0 Å². The maximum absolute atomic E-state index is 11.7. The summed E-state index contributed by atoms with van der Waals surface area (Å²) < 4.78 is 5.07. The van der Waals surface area contributed by atoms with E-state index >= 15 is 0 Å². The summed E-state index contributed by atoms with van der Waals surface area (Å²) in [5.41, 5.74) is 0.818. The van der Waals surface area contributed by atoms with Crippen LogP contribution in [0.3, 0.4) is 0 Å². The van der Waals surface area contributed by atoms with Crippen LogP contribution in [0.5, 0.6) is 0 Å². The number of halogens is 1. The first kappa shape index (κ1) is 17.9. The van der Waals surface area contributed by atoms with Gasteiger partial charge in [-0.1, -0.05) is 13.3 Å². The lowest BCUT2D eigenvalue weighted by Gasteiger charge is -2.13. The highest BCUT2D eigenvalue weighted by atomic mass is 35.5. The quantitative estimate of drug-likeness (QED) is 0.260. The van der Waals surface area contributed by atoms with E-state index in [0.717, 1.165) is 12.8 Å². The van der Waals surface area contributed by atoms with Gasteiger partial charge in [-0.3, -0.25) is 0 Å². The Morgan fingerprint density at radius 1 is 1.32 bits per heavy atom. The smallest absolute Gasteiger partial charge is 0.344 e. The average Bonchev–Trinajstić information content (AvgIpc) is 2.53. The van der Waals surface area contributed by atoms with Crippen molar-refractivity contribution in [1.29, 1.82) is 0 Å². The van der Waals surface area contributed by atoms with E-state index in [1.54, 1.807) is 0 Å². The van der Waals surface area contributed by atoms with E-state index < -0.39 is 12.0 Å². The van der Waals surface area contributed by atoms with Crippen LogP contribution in [0, 0.1) is 4.91 Å². The molecule has 1 rings (SSSR count). The zero-order valence-electron chi connectivity index (χ0n) is 12.3. The van der Waals surface area contributed by atoms with Gasteiger partial charge in [-0.2, -0.15) is 5.01 Å². The van der Waals surface area contributed by atoms with Gasteiger partial charge in [-0.15, -0.1) is 16.5 Å². The number of urea groups is 1. The molecule has 0 aliphatic heterocycles. The number of rotatable bonds is 8. The zero-order valence-corrected chi connectivity index (χ0v) is 13.0. The van der Waals surface area contributed by atoms with Crippen LogP contribution >= 0.6 is 11.6 Å². The fourth-order valence-electron chi connectivity index (χ4n) is 1.53. The van der Waals surface area contributed by atoms with Crippen molar-refractivity contribution in [3.8, 4) is 0 Å². The lowest BCUT2D eigenvalue weighted by Crippen LogP contribution is -2.31. The number of hydrogen-bond donors (Lipinski definition) is 1. The number of amides is 2. The molecule has 0 aromatic heterocycles. The van der Waals surface area contributed by atoms with Gasteiger partial charge in [0, 0.05) is 11.6 Å². The van der Waals surface area contributed by atoms with Gasteiger partial charge in [0.05, 0.1) is 24.0 Å². The maximum Gasteiger partial charge on any atom is 0.344 e. The summed E-state index contributed by atoms with van der Waals surface area (Å²) in [5.74, 6) is -0.313. The standard InChI is InChI=1S/C14H18ClN3O4/c1-2-3-10-22-13(19)11-4-6-12(7-5-11)16-14(20)18(17-21)9-8-15/h4-7H,2-3,8-10H2,1H3,(H,16,20). The van der Waals surface area contributed by atoms with Crippen LogP contribution in [0.2, 0.25) is 0 Å². The Labute approximate surface area is 133 Å². The van der Waals surface area contributed by atoms with Crippen LogP contribution in [0.15, 0.2) is 29.6 Å². The normalized spacial score (nSPS) is 9.91. The lowest BCUT2D eigenvalue weighted by atomic mass is 10.2. The molecule has 0 unspecified atom stereocenters. The van der Waals surface area contributed by atoms with Crippen LogP contribution in [0.25, 0.3) is 0 Å². The highest BCUT2D eigenvalue weighted by molar-refractivity contribution is 6.18. The monoisotopic (exact) mass is 327 g/mol. The van der Waals surface area contributed by atoms with Crippen molar-refractivity contribution in [1.82, 2.24) is 5.01 Å². The number of esters is 1. The van der Waals surface area contributed by atoms with Crippen molar-refractivity contribution >= 4 is 29.3 Å². The van der Waals surface area contributed by atoms with Crippen LogP contribution in [-0.2, 0) is 4.74 Å². The van der Waals surface area contributed by atoms with Gasteiger partial charge >= 0.3 is 12.0 Å². The number of nitroso groups, excluding NO2 is 1. The van der Waals surface area contributed by atoms with Gasteiger partial charge in [0.2, 0.25) is 0 Å². The van der Waals surface area contributed by atoms with Gasteiger partial charge < -0.3 is 10.1 Å². The molecule has 0 heterocycles. The first-order valence-electron chi connectivity index (χ1n) is 6.87. The Morgan fingerprint density at radius 3 is 2.55 bits per heavy atom. The first-order chi connectivity index (χ1) is 10.6. The molecule has 2 amide bonds. The number of nitrogens with zero attached hydrogens (tertiary/aromatic N) is 2. The molecule has 1 N–H and O–H groups in total. The number of carbonyl (C=O) groups is 2. The van der Waals surface area contributed by atoms with Crippen LogP contribution in [0.4, 0.5) is 10.5 Å². The fraction of sp³-hybridized carbons (Fsp3) is 0.429. The molecule has 0 spiro atoms. The molecule has 1 aromatic carbocycles. The third kappa shape index (κ3) is 5.69. The second kappa shape index (κ2) is 9.73. The van der Waals surface area contributed by atoms with E-state index in [1.165, 1.54) is 24.3 Å². The molecular formula is C14H18ClN3O4. The average molecular weight is 328 g/mol. The number of nitrogens with one attached hydrogen (secondary N) is 1. The summed E-state index contributed by atoms with van der Waals surface area (Å²) in [7, 11) is 0. The Morgan fingerprint density at radius 2 is 2.00 bits per heavy atom. The van der Waals surface area contributed by atoms with Crippen molar-refractivity contribution in [2.75, 3.05) is 24.3 Å². The second-order valence-corrected chi connectivity index (χ2v) is 4.77. The number of carbonyl (C=O) groups excluding carboxylic acids is 2. The summed E-state index contributed by atoms with van der Waals surface area (Å²) in [6, 6.07) is 5.46. The number of ether oxygens (including phenoxy) is 1. The van der Waals surface area contributed by atoms with Gasteiger partial charge in [-0.25, -0.2) is 9.59 Å². The predicted octanol–water partition coefficient (Wildman–Crippen LogP) is 3.40. The van der Waals surface area contributed by atoms with Crippen molar-refractivity contribution in [2.24, 2.45) is 5.29 Å². The molecule has 0 saturated heterocycles. The Balaban J connectivity index is 2.59. The van der Waals surface area contributed by atoms with Gasteiger partial charge in [0.1, 0.15) is 0 Å². The summed E-state index contributed by atoms with van der Waals surface area (Å²) in [5, 5.41) is 5.73. The Hall–Kier alpha value is -2.15. The number of alkyl halides is 1. The van der Waals surface area contributed by atoms with Crippen molar-refractivity contribution in [3.05, 3.63) is 34.7 Å². The van der Waals surface area contributed by atoms with Crippen molar-refractivity contribution in [2.45, 2.75) is 19.8 Å². The first-order valence-corrected chi connectivity index (χ1v) is 7.40. The number of hydrogen-bond acceptors (Lipinski definition) is 5. The summed E-state index contributed by atoms with van der Waals surface area (Å²) in [6.45, 7) is 2.40. The number of unbranched alkanes of at least 4 members (excludes halogenated alkanes) is 1. The van der Waals surface area contributed by atoms with Crippen molar-refractivity contribution in [3.63, 3.8) is 0 Å². The molecule has 120 valence electrons. The maximum atomic E-state index is 11.7. The third-order valence-corrected chi connectivity index (χ3v) is 2.90. The molecule has 0 aliphatic carbocycles. The van der Waals surface area contributed by atoms with E-state index in [0.29, 0.717) is 22.9 Å². The highest BCUT2D eigenvalue weighted by Crippen LogP contribution is 2.12. The molecule has 1 aromatic rings. The Bertz CT molecular complexity index is 507. The van der Waals surface area contributed by atoms with E-state index in [4.69, 9.17) is 16.3 Å². The minimum absolute atomic E-state index is 0.0126. The molecule has 8 heteroatoms. The second-order valence-electron chi connectivity index (χ2n) is 4.39. The molecule has 22 heavy (non-hydrogen) atoms. The molecular weight excluding hydrogens is 310 g/mol. The topological polar surface area (TPSA) is 88.1 Å². The molecule has 0 radical (unpaired) electrons. The summed E-state index contributed by atoms with van der Waals surface area (Å²) in [6.07, 6.45) is 1.76. The Kier molecular flexibility index (Phi) is 7.91. The van der Waals surface area contributed by atoms with Crippen LogP contribution in [0.1, 0.15) is 30.1 Å². The van der Waals surface area contributed by atoms with Crippen LogP contribution in [-0.4, -0.2) is 36.0 Å². The number of benzene rings is 1. The third-order valence-electron chi connectivity index (χ3n) is 2.73. The minimum Gasteiger partial charge on any atom is -0.462 e. The molecule has 0 saturated carbocycles. The van der Waals surface area contributed by atoms with E-state index in [1.807, 2.05) is 6.92 Å². The molecule has 7 nitrogen and oxygen atoms in total. The van der Waals surface area contributed by atoms with Crippen LogP contribution < -0.4 is 5.32 Å². The SMILES string of the molecule is CCCCOC(=O)c1ccc(NC(=O)N(CCCl)N=O)cc1. The summed E-state index contributed by atoms with van der Waals surface area (Å²) in [4.78, 5) is 33.9. The van der Waals surface area contributed by atoms with E-state index in [9.17, 15) is 14.5 Å². The number of anilines is 1. The van der Waals surface area contributed by atoms with Gasteiger partial charge in [-0.05, 0) is 30.7 Å². The van der Waals surface area contributed by atoms with E-state index in [2.05, 4.69) is 10.6 Å². The lowest BCUT2D eigenvalue weighted by molar-refractivity contribution is 0.0500. The molecule has 0 fully saturated rings. The molecule has 0 atom stereocenters. The van der Waals surface area contributed by atoms with Crippen molar-refractivity contribution < 1.29 is 14.3 Å². The zero-order chi connectivity index (χ0) is 16.4. The fourth-order valence-corrected chi connectivity index (χ4v) is 1.69. The largest absolute Gasteiger partial charge is 0.462 e. The predicted molar refractivity (Wildman–Crippen MR) is 83.9 cm³/mol. The van der Waals surface area contributed by atoms with E-state index in [-0.39, 0.29) is 12.4 Å². The van der Waals surface area contributed by atoms with Gasteiger partial charge in [0.25, 0.3) is 0 Å². The molecule has 0 aliphatic rings. The highest BCUT2D eigenvalue weighted by Gasteiger charge is 2.14. The summed E-state index contributed by atoms with van der Waals surface area (Å²) >= 11 is 5.46.